The molecule has 3 rings (SSSR count). The van der Waals surface area contributed by atoms with Gasteiger partial charge >= 0.3 is 12.3 Å². The molecular formula is C24H29F3N2O2. The molecule has 0 bridgehead atoms. The number of amides is 1. The van der Waals surface area contributed by atoms with E-state index < -0.39 is 17.3 Å². The van der Waals surface area contributed by atoms with Gasteiger partial charge in [0.25, 0.3) is 0 Å². The molecule has 0 unspecified atom stereocenters. The molecule has 1 fully saturated rings. The van der Waals surface area contributed by atoms with Crippen LogP contribution >= 0.6 is 0 Å². The van der Waals surface area contributed by atoms with Crippen LogP contribution in [0.4, 0.5) is 23.7 Å². The van der Waals surface area contributed by atoms with Crippen LogP contribution in [0.2, 0.25) is 0 Å². The molecule has 168 valence electrons. The highest BCUT2D eigenvalue weighted by Gasteiger charge is 2.33. The first-order valence-corrected chi connectivity index (χ1v) is 10.5. The average molecular weight is 435 g/mol. The van der Waals surface area contributed by atoms with Gasteiger partial charge in [0.15, 0.2) is 0 Å². The number of benzene rings is 2. The van der Waals surface area contributed by atoms with Gasteiger partial charge in [-0.25, -0.2) is 4.79 Å². The van der Waals surface area contributed by atoms with Crippen LogP contribution in [0.1, 0.15) is 44.7 Å². The van der Waals surface area contributed by atoms with E-state index >= 15 is 0 Å². The van der Waals surface area contributed by atoms with E-state index in [1.807, 2.05) is 56.0 Å². The van der Waals surface area contributed by atoms with E-state index in [1.54, 1.807) is 11.0 Å². The van der Waals surface area contributed by atoms with Gasteiger partial charge in [-0.05, 0) is 57.4 Å². The summed E-state index contributed by atoms with van der Waals surface area (Å²) in [5, 5.41) is 0. The minimum atomic E-state index is -4.39. The van der Waals surface area contributed by atoms with E-state index in [2.05, 4.69) is 0 Å². The van der Waals surface area contributed by atoms with E-state index in [0.29, 0.717) is 38.2 Å². The summed E-state index contributed by atoms with van der Waals surface area (Å²) in [5.74, 6) is 0. The maximum Gasteiger partial charge on any atom is 0.416 e. The topological polar surface area (TPSA) is 32.8 Å². The maximum atomic E-state index is 13.3. The molecule has 0 aliphatic carbocycles. The second-order valence-electron chi connectivity index (χ2n) is 8.86. The van der Waals surface area contributed by atoms with Gasteiger partial charge in [0, 0.05) is 31.4 Å². The van der Waals surface area contributed by atoms with E-state index in [9.17, 15) is 18.0 Å². The third-order valence-electron chi connectivity index (χ3n) is 5.26. The molecule has 2 aromatic rings. The van der Waals surface area contributed by atoms with Gasteiger partial charge in [0.05, 0.1) is 5.56 Å². The van der Waals surface area contributed by atoms with Crippen molar-refractivity contribution in [3.8, 4) is 0 Å². The molecule has 0 atom stereocenters. The minimum Gasteiger partial charge on any atom is -0.444 e. The largest absolute Gasteiger partial charge is 0.444 e. The van der Waals surface area contributed by atoms with Crippen molar-refractivity contribution in [2.45, 2.75) is 58.0 Å². The van der Waals surface area contributed by atoms with Crippen molar-refractivity contribution < 1.29 is 22.7 Å². The molecule has 0 saturated carbocycles. The molecule has 0 N–H and O–H groups in total. The van der Waals surface area contributed by atoms with Crippen molar-refractivity contribution in [2.24, 2.45) is 0 Å². The van der Waals surface area contributed by atoms with Gasteiger partial charge in [-0.2, -0.15) is 13.2 Å². The highest BCUT2D eigenvalue weighted by atomic mass is 19.4. The number of ether oxygens (including phenoxy) is 1. The van der Waals surface area contributed by atoms with Crippen molar-refractivity contribution in [3.05, 3.63) is 65.7 Å². The molecule has 1 heterocycles. The van der Waals surface area contributed by atoms with Crippen molar-refractivity contribution in [1.82, 2.24) is 4.90 Å². The predicted octanol–water partition coefficient (Wildman–Crippen LogP) is 6.11. The van der Waals surface area contributed by atoms with Crippen LogP contribution in [0, 0.1) is 0 Å². The summed E-state index contributed by atoms with van der Waals surface area (Å²) in [6.07, 6.45) is -3.43. The van der Waals surface area contributed by atoms with Gasteiger partial charge in [0.1, 0.15) is 5.60 Å². The second-order valence-corrected chi connectivity index (χ2v) is 8.86. The molecule has 0 radical (unpaired) electrons. The van der Waals surface area contributed by atoms with Crippen LogP contribution in [-0.4, -0.2) is 35.7 Å². The minimum absolute atomic E-state index is 0.0161. The first-order valence-electron chi connectivity index (χ1n) is 10.5. The third-order valence-corrected chi connectivity index (χ3v) is 5.26. The fourth-order valence-electron chi connectivity index (χ4n) is 3.76. The van der Waals surface area contributed by atoms with E-state index in [-0.39, 0.29) is 12.1 Å². The normalized spacial score (nSPS) is 15.6. The zero-order chi connectivity index (χ0) is 22.6. The summed E-state index contributed by atoms with van der Waals surface area (Å²) >= 11 is 0. The number of hydrogen-bond acceptors (Lipinski definition) is 3. The van der Waals surface area contributed by atoms with E-state index in [0.717, 1.165) is 11.6 Å². The molecule has 7 heteroatoms. The molecule has 0 spiro atoms. The number of likely N-dealkylation sites (tertiary alicyclic amines) is 1. The van der Waals surface area contributed by atoms with Gasteiger partial charge < -0.3 is 14.5 Å². The zero-order valence-electron chi connectivity index (χ0n) is 18.2. The van der Waals surface area contributed by atoms with Gasteiger partial charge in [-0.15, -0.1) is 0 Å². The number of carbonyl (C=O) groups is 1. The molecule has 31 heavy (non-hydrogen) atoms. The molecule has 1 saturated heterocycles. The maximum absolute atomic E-state index is 13.3. The number of piperidine rings is 1. The molecule has 2 aromatic carbocycles. The predicted molar refractivity (Wildman–Crippen MR) is 115 cm³/mol. The van der Waals surface area contributed by atoms with Crippen LogP contribution in [0.5, 0.6) is 0 Å². The molecular weight excluding hydrogens is 405 g/mol. The third kappa shape index (κ3) is 6.39. The molecule has 1 aliphatic rings. The van der Waals surface area contributed by atoms with Crippen LogP contribution in [-0.2, 0) is 17.5 Å². The lowest BCUT2D eigenvalue weighted by molar-refractivity contribution is -0.137. The van der Waals surface area contributed by atoms with Crippen LogP contribution in [0.15, 0.2) is 54.6 Å². The summed E-state index contributed by atoms with van der Waals surface area (Å²) in [6, 6.07) is 15.2. The number of carbonyl (C=O) groups excluding carboxylic acids is 1. The van der Waals surface area contributed by atoms with E-state index in [1.165, 1.54) is 12.1 Å². The average Bonchev–Trinajstić information content (AvgIpc) is 2.71. The van der Waals surface area contributed by atoms with Crippen molar-refractivity contribution in [3.63, 3.8) is 0 Å². The van der Waals surface area contributed by atoms with E-state index in [4.69, 9.17) is 4.74 Å². The molecule has 1 amide bonds. The summed E-state index contributed by atoms with van der Waals surface area (Å²) in [6.45, 7) is 6.99. The van der Waals surface area contributed by atoms with Crippen molar-refractivity contribution in [2.75, 3.05) is 18.0 Å². The fourth-order valence-corrected chi connectivity index (χ4v) is 3.76. The summed E-state index contributed by atoms with van der Waals surface area (Å²) in [7, 11) is 0. The highest BCUT2D eigenvalue weighted by Crippen LogP contribution is 2.34. The first-order chi connectivity index (χ1) is 14.5. The summed E-state index contributed by atoms with van der Waals surface area (Å²) in [5.41, 5.74) is 0.337. The number of nitrogens with zero attached hydrogens (tertiary/aromatic N) is 2. The van der Waals surface area contributed by atoms with Gasteiger partial charge in [-0.3, -0.25) is 0 Å². The fraction of sp³-hybridized carbons (Fsp3) is 0.458. The number of anilines is 1. The Morgan fingerprint density at radius 1 is 1.03 bits per heavy atom. The lowest BCUT2D eigenvalue weighted by atomic mass is 10.0. The van der Waals surface area contributed by atoms with Gasteiger partial charge in [0.2, 0.25) is 0 Å². The SMILES string of the molecule is CC(C)(C)OC(=O)N1CCC(N(Cc2ccccc2)c2cccc(C(F)(F)F)c2)CC1. The zero-order valence-corrected chi connectivity index (χ0v) is 18.2. The lowest BCUT2D eigenvalue weighted by Crippen LogP contribution is -2.48. The van der Waals surface area contributed by atoms with Crippen molar-refractivity contribution in [1.29, 1.82) is 0 Å². The smallest absolute Gasteiger partial charge is 0.416 e. The Labute approximate surface area is 181 Å². The van der Waals surface area contributed by atoms with Gasteiger partial charge in [-0.1, -0.05) is 36.4 Å². The summed E-state index contributed by atoms with van der Waals surface area (Å²) in [4.78, 5) is 16.1. The van der Waals surface area contributed by atoms with Crippen LogP contribution in [0.3, 0.4) is 0 Å². The van der Waals surface area contributed by atoms with Crippen molar-refractivity contribution >= 4 is 11.8 Å². The second kappa shape index (κ2) is 9.20. The highest BCUT2D eigenvalue weighted by molar-refractivity contribution is 5.68. The number of rotatable bonds is 4. The Bertz CT molecular complexity index is 870. The number of halogens is 3. The Morgan fingerprint density at radius 3 is 2.26 bits per heavy atom. The standard InChI is InChI=1S/C24H29F3N2O2/c1-23(2,3)31-22(30)28-14-12-20(13-15-28)29(17-18-8-5-4-6-9-18)21-11-7-10-19(16-21)24(25,26)27/h4-11,16,20H,12-15,17H2,1-3H3. The molecule has 4 nitrogen and oxygen atoms in total. The summed E-state index contributed by atoms with van der Waals surface area (Å²) < 4.78 is 45.4. The lowest BCUT2D eigenvalue weighted by Gasteiger charge is -2.40. The quantitative estimate of drug-likeness (QED) is 0.582. The first kappa shape index (κ1) is 23.0. The van der Waals surface area contributed by atoms with Crippen LogP contribution < -0.4 is 4.90 Å². The Hall–Kier alpha value is -2.70. The Kier molecular flexibility index (Phi) is 6.82. The van der Waals surface area contributed by atoms with Crippen LogP contribution in [0.25, 0.3) is 0 Å². The molecule has 0 aromatic heterocycles. The number of alkyl halides is 3. The Morgan fingerprint density at radius 2 is 1.68 bits per heavy atom. The Balaban J connectivity index is 1.79. The number of hydrogen-bond donors (Lipinski definition) is 0. The monoisotopic (exact) mass is 434 g/mol. The molecule has 1 aliphatic heterocycles.